The van der Waals surface area contributed by atoms with Crippen molar-refractivity contribution in [2.24, 2.45) is 0 Å². The van der Waals surface area contributed by atoms with E-state index < -0.39 is 22.2 Å². The number of thiophene rings is 1. The van der Waals surface area contributed by atoms with E-state index >= 15 is 0 Å². The van der Waals surface area contributed by atoms with Crippen molar-refractivity contribution in [1.82, 2.24) is 4.72 Å². The lowest BCUT2D eigenvalue weighted by Crippen LogP contribution is -2.33. The maximum atomic E-state index is 12.3. The highest BCUT2D eigenvalue weighted by molar-refractivity contribution is 7.91. The van der Waals surface area contributed by atoms with Crippen molar-refractivity contribution in [3.05, 3.63) is 46.8 Å². The Morgan fingerprint density at radius 3 is 2.80 bits per heavy atom. The molecule has 1 heterocycles. The minimum absolute atomic E-state index is 0.159. The molecule has 7 heteroatoms. The van der Waals surface area contributed by atoms with E-state index in [4.69, 9.17) is 5.73 Å². The average Bonchev–Trinajstić information content (AvgIpc) is 2.95. The Morgan fingerprint density at radius 2 is 2.10 bits per heavy atom. The fraction of sp³-hybridized carbons (Fsp3) is 0.231. The number of rotatable bonds is 3. The summed E-state index contributed by atoms with van der Waals surface area (Å²) in [6.45, 7) is 0. The van der Waals surface area contributed by atoms with Crippen molar-refractivity contribution in [2.75, 3.05) is 5.73 Å². The lowest BCUT2D eigenvalue weighted by atomic mass is 10.1. The molecule has 0 amide bonds. The molecule has 3 rings (SSSR count). The van der Waals surface area contributed by atoms with Gasteiger partial charge in [-0.2, -0.15) is 0 Å². The summed E-state index contributed by atoms with van der Waals surface area (Å²) in [7, 11) is -3.67. The van der Waals surface area contributed by atoms with Crippen LogP contribution < -0.4 is 10.5 Å². The minimum atomic E-state index is -3.67. The molecule has 5 nitrogen and oxygen atoms in total. The van der Waals surface area contributed by atoms with Crippen LogP contribution in [0, 0.1) is 0 Å². The second kappa shape index (κ2) is 4.85. The molecule has 20 heavy (non-hydrogen) atoms. The van der Waals surface area contributed by atoms with Crippen LogP contribution in [0.25, 0.3) is 0 Å². The number of nitrogens with two attached hydrogens (primary N) is 1. The average molecular weight is 310 g/mol. The van der Waals surface area contributed by atoms with Crippen LogP contribution in [0.5, 0.6) is 0 Å². The molecule has 1 aliphatic rings. The normalized spacial score (nSPS) is 21.9. The van der Waals surface area contributed by atoms with Crippen molar-refractivity contribution in [2.45, 2.75) is 22.8 Å². The maximum absolute atomic E-state index is 12.3. The number of benzene rings is 1. The van der Waals surface area contributed by atoms with Gasteiger partial charge in [0.1, 0.15) is 4.21 Å². The van der Waals surface area contributed by atoms with Gasteiger partial charge in [0.2, 0.25) is 0 Å². The predicted molar refractivity (Wildman–Crippen MR) is 77.9 cm³/mol. The highest BCUT2D eigenvalue weighted by Gasteiger charge is 2.34. The first-order chi connectivity index (χ1) is 9.47. The summed E-state index contributed by atoms with van der Waals surface area (Å²) in [5.41, 5.74) is 7.77. The molecule has 2 atom stereocenters. The molecule has 0 spiro atoms. The zero-order valence-electron chi connectivity index (χ0n) is 10.5. The van der Waals surface area contributed by atoms with Crippen molar-refractivity contribution in [3.8, 4) is 0 Å². The van der Waals surface area contributed by atoms with E-state index in [0.717, 1.165) is 22.5 Å². The highest BCUT2D eigenvalue weighted by Crippen LogP contribution is 2.33. The van der Waals surface area contributed by atoms with E-state index in [0.29, 0.717) is 12.1 Å². The fourth-order valence-corrected chi connectivity index (χ4v) is 4.76. The first kappa shape index (κ1) is 13.6. The summed E-state index contributed by atoms with van der Waals surface area (Å²) in [6, 6.07) is 8.25. The highest BCUT2D eigenvalue weighted by atomic mass is 32.2. The number of sulfonamides is 1. The number of nitrogen functional groups attached to an aromatic ring is 1. The van der Waals surface area contributed by atoms with Gasteiger partial charge in [0.05, 0.1) is 12.1 Å². The van der Waals surface area contributed by atoms with Gasteiger partial charge < -0.3 is 10.8 Å². The second-order valence-electron chi connectivity index (χ2n) is 4.77. The van der Waals surface area contributed by atoms with Crippen LogP contribution in [0.3, 0.4) is 0 Å². The molecule has 1 aromatic heterocycles. The summed E-state index contributed by atoms with van der Waals surface area (Å²) in [4.78, 5) is 0. The molecular weight excluding hydrogens is 296 g/mol. The second-order valence-corrected chi connectivity index (χ2v) is 7.62. The number of fused-ring (bicyclic) bond motifs is 1. The smallest absolute Gasteiger partial charge is 0.250 e. The molecule has 0 aliphatic heterocycles. The molecule has 0 saturated heterocycles. The molecule has 106 valence electrons. The van der Waals surface area contributed by atoms with Crippen LogP contribution >= 0.6 is 11.3 Å². The third-order valence-corrected chi connectivity index (χ3v) is 6.25. The van der Waals surface area contributed by atoms with E-state index in [1.165, 1.54) is 6.07 Å². The summed E-state index contributed by atoms with van der Waals surface area (Å²) < 4.78 is 27.3. The molecule has 4 N–H and O–H groups in total. The van der Waals surface area contributed by atoms with E-state index in [1.807, 2.05) is 24.3 Å². The Morgan fingerprint density at radius 1 is 1.35 bits per heavy atom. The first-order valence-electron chi connectivity index (χ1n) is 6.09. The van der Waals surface area contributed by atoms with Gasteiger partial charge in [-0.25, -0.2) is 13.1 Å². The number of hydrogen-bond donors (Lipinski definition) is 3. The quantitative estimate of drug-likeness (QED) is 0.796. The SMILES string of the molecule is Nc1csc(S(=O)(=O)N[C@@H]2c3ccccc3C[C@@H]2O)c1. The molecule has 1 aliphatic carbocycles. The zero-order chi connectivity index (χ0) is 14.3. The summed E-state index contributed by atoms with van der Waals surface area (Å²) in [5.74, 6) is 0. The molecule has 0 fully saturated rings. The number of aliphatic hydroxyl groups is 1. The largest absolute Gasteiger partial charge is 0.398 e. The Balaban J connectivity index is 1.92. The standard InChI is InChI=1S/C13H14N2O3S2/c14-9-6-12(19-7-9)20(17,18)15-13-10-4-2-1-3-8(10)5-11(13)16/h1-4,6-7,11,13,15-16H,5,14H2/t11-,13+/m0/s1. The minimum Gasteiger partial charge on any atom is -0.398 e. The van der Waals surface area contributed by atoms with Crippen molar-refractivity contribution in [1.29, 1.82) is 0 Å². The number of nitrogens with one attached hydrogen (secondary N) is 1. The van der Waals surface area contributed by atoms with Gasteiger partial charge in [-0.1, -0.05) is 24.3 Å². The topological polar surface area (TPSA) is 92.4 Å². The van der Waals surface area contributed by atoms with Gasteiger partial charge in [-0.15, -0.1) is 11.3 Å². The molecule has 0 unspecified atom stereocenters. The molecule has 1 aromatic carbocycles. The van der Waals surface area contributed by atoms with Crippen molar-refractivity contribution in [3.63, 3.8) is 0 Å². The van der Waals surface area contributed by atoms with Gasteiger partial charge in [0, 0.05) is 17.5 Å². The van der Waals surface area contributed by atoms with E-state index in [-0.39, 0.29) is 4.21 Å². The lowest BCUT2D eigenvalue weighted by molar-refractivity contribution is 0.151. The van der Waals surface area contributed by atoms with Crippen LogP contribution in [-0.4, -0.2) is 19.6 Å². The maximum Gasteiger partial charge on any atom is 0.250 e. The lowest BCUT2D eigenvalue weighted by Gasteiger charge is -2.17. The zero-order valence-corrected chi connectivity index (χ0v) is 12.1. The fourth-order valence-electron chi connectivity index (χ4n) is 2.41. The van der Waals surface area contributed by atoms with Crippen LogP contribution in [0.1, 0.15) is 17.2 Å². The van der Waals surface area contributed by atoms with Gasteiger partial charge in [-0.05, 0) is 17.2 Å². The molecule has 0 radical (unpaired) electrons. The van der Waals surface area contributed by atoms with E-state index in [9.17, 15) is 13.5 Å². The van der Waals surface area contributed by atoms with Gasteiger partial charge in [0.15, 0.2) is 0 Å². The van der Waals surface area contributed by atoms with Crippen LogP contribution in [-0.2, 0) is 16.4 Å². The van der Waals surface area contributed by atoms with E-state index in [2.05, 4.69) is 4.72 Å². The van der Waals surface area contributed by atoms with E-state index in [1.54, 1.807) is 5.38 Å². The third kappa shape index (κ3) is 2.33. The van der Waals surface area contributed by atoms with Crippen molar-refractivity contribution < 1.29 is 13.5 Å². The van der Waals surface area contributed by atoms with Crippen LogP contribution in [0.15, 0.2) is 39.9 Å². The first-order valence-corrected chi connectivity index (χ1v) is 8.46. The molecule has 0 bridgehead atoms. The number of anilines is 1. The van der Waals surface area contributed by atoms with Gasteiger partial charge >= 0.3 is 0 Å². The molecular formula is C13H14N2O3S2. The van der Waals surface area contributed by atoms with Gasteiger partial charge in [0.25, 0.3) is 10.0 Å². The van der Waals surface area contributed by atoms with Crippen LogP contribution in [0.2, 0.25) is 0 Å². The Hall–Kier alpha value is -1.41. The number of hydrogen-bond acceptors (Lipinski definition) is 5. The number of aliphatic hydroxyl groups excluding tert-OH is 1. The summed E-state index contributed by atoms with van der Waals surface area (Å²) >= 11 is 1.07. The van der Waals surface area contributed by atoms with Crippen molar-refractivity contribution >= 4 is 27.0 Å². The molecule has 2 aromatic rings. The Bertz CT molecular complexity index is 740. The Kier molecular flexibility index (Phi) is 3.29. The summed E-state index contributed by atoms with van der Waals surface area (Å²) in [5, 5.41) is 11.7. The van der Waals surface area contributed by atoms with Crippen LogP contribution in [0.4, 0.5) is 5.69 Å². The Labute approximate surface area is 121 Å². The summed E-state index contributed by atoms with van der Waals surface area (Å²) in [6.07, 6.45) is -0.296. The predicted octanol–water partition coefficient (Wildman–Crippen LogP) is 1.27. The van der Waals surface area contributed by atoms with Gasteiger partial charge in [-0.3, -0.25) is 0 Å². The monoisotopic (exact) mass is 310 g/mol. The molecule has 0 saturated carbocycles. The third-order valence-electron chi connectivity index (χ3n) is 3.35.